The molecule has 6 heteroatoms. The third kappa shape index (κ3) is 7.09. The van der Waals surface area contributed by atoms with E-state index in [2.05, 4.69) is 15.8 Å². The van der Waals surface area contributed by atoms with Gasteiger partial charge in [-0.2, -0.15) is 5.10 Å². The Kier molecular flexibility index (Phi) is 8.15. The van der Waals surface area contributed by atoms with Gasteiger partial charge in [-0.3, -0.25) is 9.59 Å². The maximum Gasteiger partial charge on any atom is 0.240 e. The second-order valence-electron chi connectivity index (χ2n) is 7.45. The van der Waals surface area contributed by atoms with Crippen molar-refractivity contribution in [3.05, 3.63) is 95.1 Å². The molecular weight excluding hydrogens is 402 g/mol. The standard InChI is InChI=1S/C26H27N3O3/c1-19-12-13-23(16-20(19)2)28-25(30)14-15-26(31)29-27-17-22-10-6-7-11-24(22)32-18-21-8-4-3-5-9-21/h3-13,16-17H,14-15,18H2,1-2H3,(H,28,30)(H,29,31). The minimum atomic E-state index is -0.334. The Morgan fingerprint density at radius 2 is 1.59 bits per heavy atom. The lowest BCUT2D eigenvalue weighted by molar-refractivity contribution is -0.124. The molecule has 6 nitrogen and oxygen atoms in total. The molecule has 0 aliphatic rings. The van der Waals surface area contributed by atoms with E-state index in [1.165, 1.54) is 6.21 Å². The molecular formula is C26H27N3O3. The molecule has 0 radical (unpaired) electrons. The zero-order chi connectivity index (χ0) is 22.8. The zero-order valence-corrected chi connectivity index (χ0v) is 18.3. The van der Waals surface area contributed by atoms with E-state index in [1.54, 1.807) is 0 Å². The maximum atomic E-state index is 12.1. The van der Waals surface area contributed by atoms with E-state index in [4.69, 9.17) is 4.74 Å². The van der Waals surface area contributed by atoms with Gasteiger partial charge in [0.2, 0.25) is 11.8 Å². The monoisotopic (exact) mass is 429 g/mol. The summed E-state index contributed by atoms with van der Waals surface area (Å²) in [6.07, 6.45) is 1.65. The Morgan fingerprint density at radius 1 is 0.875 bits per heavy atom. The molecule has 0 saturated heterocycles. The highest BCUT2D eigenvalue weighted by molar-refractivity contribution is 5.93. The van der Waals surface area contributed by atoms with Gasteiger partial charge in [0.1, 0.15) is 12.4 Å². The Balaban J connectivity index is 1.45. The molecule has 0 saturated carbocycles. The molecule has 0 aliphatic carbocycles. The van der Waals surface area contributed by atoms with E-state index in [0.29, 0.717) is 12.4 Å². The third-order valence-corrected chi connectivity index (χ3v) is 4.92. The summed E-state index contributed by atoms with van der Waals surface area (Å²) in [4.78, 5) is 24.1. The Morgan fingerprint density at radius 3 is 2.38 bits per heavy atom. The number of ether oxygens (including phenoxy) is 1. The zero-order valence-electron chi connectivity index (χ0n) is 18.3. The van der Waals surface area contributed by atoms with Crippen LogP contribution in [0, 0.1) is 13.8 Å². The van der Waals surface area contributed by atoms with Crippen LogP contribution in [0.5, 0.6) is 5.75 Å². The lowest BCUT2D eigenvalue weighted by Crippen LogP contribution is -2.20. The van der Waals surface area contributed by atoms with Gasteiger partial charge in [0.25, 0.3) is 0 Å². The molecule has 0 fully saturated rings. The molecule has 32 heavy (non-hydrogen) atoms. The number of hydrogen-bond donors (Lipinski definition) is 2. The van der Waals surface area contributed by atoms with Crippen LogP contribution in [0.15, 0.2) is 77.9 Å². The van der Waals surface area contributed by atoms with E-state index in [9.17, 15) is 9.59 Å². The number of aryl methyl sites for hydroxylation is 2. The largest absolute Gasteiger partial charge is 0.488 e. The molecule has 3 rings (SSSR count). The number of benzene rings is 3. The summed E-state index contributed by atoms with van der Waals surface area (Å²) >= 11 is 0. The highest BCUT2D eigenvalue weighted by Crippen LogP contribution is 2.18. The average Bonchev–Trinajstić information content (AvgIpc) is 2.80. The molecule has 0 spiro atoms. The number of anilines is 1. The van der Waals surface area contributed by atoms with Crippen molar-refractivity contribution < 1.29 is 14.3 Å². The van der Waals surface area contributed by atoms with Crippen molar-refractivity contribution in [2.45, 2.75) is 33.3 Å². The molecule has 2 N–H and O–H groups in total. The Hall–Kier alpha value is -3.93. The molecule has 3 aromatic carbocycles. The van der Waals surface area contributed by atoms with Crippen molar-refractivity contribution in [1.29, 1.82) is 0 Å². The summed E-state index contributed by atoms with van der Waals surface area (Å²) in [6.45, 7) is 4.44. The predicted molar refractivity (Wildman–Crippen MR) is 127 cm³/mol. The van der Waals surface area contributed by atoms with E-state index in [0.717, 1.165) is 27.9 Å². The van der Waals surface area contributed by atoms with Gasteiger partial charge in [-0.15, -0.1) is 0 Å². The van der Waals surface area contributed by atoms with Crippen LogP contribution >= 0.6 is 0 Å². The quantitative estimate of drug-likeness (QED) is 0.380. The molecule has 0 aromatic heterocycles. The molecule has 0 bridgehead atoms. The first kappa shape index (κ1) is 22.7. The molecule has 0 heterocycles. The lowest BCUT2D eigenvalue weighted by Gasteiger charge is -2.09. The topological polar surface area (TPSA) is 79.8 Å². The smallest absolute Gasteiger partial charge is 0.240 e. The van der Waals surface area contributed by atoms with Crippen molar-refractivity contribution in [2.24, 2.45) is 5.10 Å². The second-order valence-corrected chi connectivity index (χ2v) is 7.45. The highest BCUT2D eigenvalue weighted by atomic mass is 16.5. The fourth-order valence-corrected chi connectivity index (χ4v) is 2.95. The van der Waals surface area contributed by atoms with Gasteiger partial charge < -0.3 is 10.1 Å². The summed E-state index contributed by atoms with van der Waals surface area (Å²) in [6, 6.07) is 23.0. The summed E-state index contributed by atoms with van der Waals surface area (Å²) < 4.78 is 5.88. The van der Waals surface area contributed by atoms with Crippen molar-refractivity contribution in [3.8, 4) is 5.75 Å². The molecule has 164 valence electrons. The van der Waals surface area contributed by atoms with Crippen molar-refractivity contribution >= 4 is 23.7 Å². The van der Waals surface area contributed by atoms with Crippen LogP contribution in [0.3, 0.4) is 0 Å². The van der Waals surface area contributed by atoms with E-state index >= 15 is 0 Å². The molecule has 3 aromatic rings. The summed E-state index contributed by atoms with van der Waals surface area (Å²) in [7, 11) is 0. The van der Waals surface area contributed by atoms with Gasteiger partial charge in [0.15, 0.2) is 0 Å². The van der Waals surface area contributed by atoms with Crippen LogP contribution in [-0.2, 0) is 16.2 Å². The molecule has 0 unspecified atom stereocenters. The van der Waals surface area contributed by atoms with Gasteiger partial charge in [-0.25, -0.2) is 5.43 Å². The van der Waals surface area contributed by atoms with Crippen molar-refractivity contribution in [3.63, 3.8) is 0 Å². The summed E-state index contributed by atoms with van der Waals surface area (Å²) in [5.74, 6) is 0.119. The Labute approximate surface area is 188 Å². The number of amides is 2. The average molecular weight is 430 g/mol. The fourth-order valence-electron chi connectivity index (χ4n) is 2.95. The second kappa shape index (κ2) is 11.5. The summed E-state index contributed by atoms with van der Waals surface area (Å²) in [5, 5.41) is 6.81. The number of carbonyl (C=O) groups excluding carboxylic acids is 2. The normalized spacial score (nSPS) is 10.7. The summed E-state index contributed by atoms with van der Waals surface area (Å²) in [5.41, 5.74) is 7.26. The van der Waals surface area contributed by atoms with Gasteiger partial charge in [-0.1, -0.05) is 48.5 Å². The Bertz CT molecular complexity index is 1090. The first-order valence-electron chi connectivity index (χ1n) is 10.5. The van der Waals surface area contributed by atoms with Gasteiger partial charge >= 0.3 is 0 Å². The van der Waals surface area contributed by atoms with E-state index < -0.39 is 0 Å². The van der Waals surface area contributed by atoms with Gasteiger partial charge in [-0.05, 0) is 54.8 Å². The fraction of sp³-hybridized carbons (Fsp3) is 0.192. The minimum absolute atomic E-state index is 0.0418. The minimum Gasteiger partial charge on any atom is -0.488 e. The number of para-hydroxylation sites is 1. The van der Waals surface area contributed by atoms with Crippen LogP contribution in [0.1, 0.15) is 35.1 Å². The SMILES string of the molecule is Cc1ccc(NC(=O)CCC(=O)NN=Cc2ccccc2OCc2ccccc2)cc1C. The number of hydrazone groups is 1. The maximum absolute atomic E-state index is 12.1. The lowest BCUT2D eigenvalue weighted by atomic mass is 10.1. The van der Waals surface area contributed by atoms with Crippen LogP contribution in [-0.4, -0.2) is 18.0 Å². The number of carbonyl (C=O) groups is 2. The highest BCUT2D eigenvalue weighted by Gasteiger charge is 2.08. The number of hydrogen-bond acceptors (Lipinski definition) is 4. The molecule has 2 amide bonds. The van der Waals surface area contributed by atoms with Crippen LogP contribution in [0.4, 0.5) is 5.69 Å². The molecule has 0 atom stereocenters. The van der Waals surface area contributed by atoms with Gasteiger partial charge in [0.05, 0.1) is 6.21 Å². The first-order chi connectivity index (χ1) is 15.5. The number of nitrogens with zero attached hydrogens (tertiary/aromatic N) is 1. The third-order valence-electron chi connectivity index (χ3n) is 4.92. The van der Waals surface area contributed by atoms with E-state index in [-0.39, 0.29) is 24.7 Å². The number of nitrogens with one attached hydrogen (secondary N) is 2. The van der Waals surface area contributed by atoms with Crippen LogP contribution < -0.4 is 15.5 Å². The molecule has 0 aliphatic heterocycles. The van der Waals surface area contributed by atoms with Crippen molar-refractivity contribution in [1.82, 2.24) is 5.43 Å². The van der Waals surface area contributed by atoms with Crippen LogP contribution in [0.25, 0.3) is 0 Å². The van der Waals surface area contributed by atoms with Gasteiger partial charge in [0, 0.05) is 24.1 Å². The van der Waals surface area contributed by atoms with E-state index in [1.807, 2.05) is 86.6 Å². The van der Waals surface area contributed by atoms with Crippen molar-refractivity contribution in [2.75, 3.05) is 5.32 Å². The van der Waals surface area contributed by atoms with Crippen LogP contribution in [0.2, 0.25) is 0 Å². The number of rotatable bonds is 9. The predicted octanol–water partition coefficient (Wildman–Crippen LogP) is 4.75. The first-order valence-corrected chi connectivity index (χ1v) is 10.5.